The fraction of sp³-hybridized carbons (Fsp3) is 0.609. The minimum atomic E-state index is -0.348. The minimum absolute atomic E-state index is 0.0129. The summed E-state index contributed by atoms with van der Waals surface area (Å²) < 4.78 is 5.60. The molecule has 0 radical (unpaired) electrons. The summed E-state index contributed by atoms with van der Waals surface area (Å²) in [4.78, 5) is 39.9. The summed E-state index contributed by atoms with van der Waals surface area (Å²) in [5.74, 6) is 0.373. The summed E-state index contributed by atoms with van der Waals surface area (Å²) in [7, 11) is 3.28. The van der Waals surface area contributed by atoms with Crippen molar-refractivity contribution in [2.75, 3.05) is 32.6 Å². The Morgan fingerprint density at radius 2 is 1.94 bits per heavy atom. The number of benzene rings is 1. The van der Waals surface area contributed by atoms with Gasteiger partial charge in [0, 0.05) is 44.1 Å². The highest BCUT2D eigenvalue weighted by Crippen LogP contribution is 2.34. The highest BCUT2D eigenvalue weighted by atomic mass is 16.5. The number of methoxy groups -OCH3 is 1. The lowest BCUT2D eigenvalue weighted by atomic mass is 9.88. The Kier molecular flexibility index (Phi) is 5.88. The first-order valence-electron chi connectivity index (χ1n) is 11.8. The number of nitrogens with zero attached hydrogens (tertiary/aromatic N) is 2. The van der Waals surface area contributed by atoms with E-state index in [2.05, 4.69) is 21.4 Å². The van der Waals surface area contributed by atoms with Gasteiger partial charge in [0.25, 0.3) is 5.91 Å². The van der Waals surface area contributed by atoms with Crippen molar-refractivity contribution in [3.05, 3.63) is 23.8 Å². The number of amides is 3. The Balaban J connectivity index is 1.35. The molecule has 0 aromatic heterocycles. The zero-order valence-electron chi connectivity index (χ0n) is 19.1. The molecule has 3 amide bonds. The van der Waals surface area contributed by atoms with Gasteiger partial charge in [0.15, 0.2) is 0 Å². The predicted molar refractivity (Wildman–Crippen MR) is 121 cm³/mol. The molecule has 1 aromatic carbocycles. The van der Waals surface area contributed by atoms with Crippen molar-refractivity contribution in [3.8, 4) is 5.75 Å². The molecule has 4 aliphatic rings. The van der Waals surface area contributed by atoms with Crippen LogP contribution in [-0.2, 0) is 9.59 Å². The summed E-state index contributed by atoms with van der Waals surface area (Å²) in [6, 6.07) is 5.17. The van der Waals surface area contributed by atoms with E-state index >= 15 is 0 Å². The van der Waals surface area contributed by atoms with Crippen LogP contribution in [0.25, 0.3) is 0 Å². The molecule has 4 N–H and O–H groups in total. The number of nitrogens with one attached hydrogen (secondary N) is 4. The molecule has 5 rings (SSSR count). The first-order chi connectivity index (χ1) is 15.9. The number of likely N-dealkylation sites (tertiary alicyclic amines) is 1. The second-order valence-corrected chi connectivity index (χ2v) is 9.43. The van der Waals surface area contributed by atoms with E-state index in [1.807, 2.05) is 11.0 Å². The standard InChI is InChI=1S/C23H32N6O4/c1-28-23(32)19-16(12-18(25-20(19)27-28)26-21(30)13-5-6-13)24-15-8-7-14(11-17(15)33-2)22(31)29-9-3-4-10-29/h7-8,11,13,16,18-20,24-25,27H,3-6,9-10,12H2,1-2H3,(H,26,30). The molecule has 0 spiro atoms. The van der Waals surface area contributed by atoms with Crippen LogP contribution in [0.5, 0.6) is 5.75 Å². The van der Waals surface area contributed by atoms with Gasteiger partial charge >= 0.3 is 0 Å². The third kappa shape index (κ3) is 4.37. The molecule has 4 unspecified atom stereocenters. The molecule has 1 aromatic rings. The number of piperidine rings is 1. The molecule has 4 fully saturated rings. The van der Waals surface area contributed by atoms with Crippen LogP contribution in [0.3, 0.4) is 0 Å². The van der Waals surface area contributed by atoms with E-state index < -0.39 is 0 Å². The Morgan fingerprint density at radius 3 is 2.64 bits per heavy atom. The molecule has 4 atom stereocenters. The number of hydrogen-bond donors (Lipinski definition) is 4. The van der Waals surface area contributed by atoms with Crippen molar-refractivity contribution < 1.29 is 19.1 Å². The fourth-order valence-electron chi connectivity index (χ4n) is 5.08. The quantitative estimate of drug-likeness (QED) is 0.492. The van der Waals surface area contributed by atoms with Gasteiger partial charge in [-0.2, -0.15) is 0 Å². The fourth-order valence-corrected chi connectivity index (χ4v) is 5.08. The second kappa shape index (κ2) is 8.83. The molecule has 0 bridgehead atoms. The first kappa shape index (κ1) is 22.0. The molecule has 1 aliphatic carbocycles. The van der Waals surface area contributed by atoms with Gasteiger partial charge in [-0.25, -0.2) is 5.43 Å². The van der Waals surface area contributed by atoms with Crippen LogP contribution in [0.2, 0.25) is 0 Å². The molecule has 10 nitrogen and oxygen atoms in total. The molecule has 10 heteroatoms. The number of fused-ring (bicyclic) bond motifs is 1. The van der Waals surface area contributed by atoms with Crippen LogP contribution in [0, 0.1) is 11.8 Å². The first-order valence-corrected chi connectivity index (χ1v) is 11.8. The molecule has 3 aliphatic heterocycles. The molecular weight excluding hydrogens is 424 g/mol. The van der Waals surface area contributed by atoms with Gasteiger partial charge in [-0.15, -0.1) is 0 Å². The van der Waals surface area contributed by atoms with Crippen LogP contribution in [0.1, 0.15) is 42.5 Å². The third-order valence-corrected chi connectivity index (χ3v) is 7.06. The number of hydrogen-bond acceptors (Lipinski definition) is 7. The van der Waals surface area contributed by atoms with E-state index in [1.54, 1.807) is 26.3 Å². The lowest BCUT2D eigenvalue weighted by molar-refractivity contribution is -0.131. The van der Waals surface area contributed by atoms with Crippen molar-refractivity contribution in [1.29, 1.82) is 0 Å². The second-order valence-electron chi connectivity index (χ2n) is 9.43. The highest BCUT2D eigenvalue weighted by Gasteiger charge is 2.49. The van der Waals surface area contributed by atoms with E-state index in [4.69, 9.17) is 4.74 Å². The Morgan fingerprint density at radius 1 is 1.18 bits per heavy atom. The van der Waals surface area contributed by atoms with E-state index in [0.717, 1.165) is 44.5 Å². The number of carbonyl (C=O) groups is 3. The van der Waals surface area contributed by atoms with Crippen LogP contribution < -0.4 is 26.1 Å². The smallest absolute Gasteiger partial charge is 0.253 e. The summed E-state index contributed by atoms with van der Waals surface area (Å²) in [5.41, 5.74) is 4.46. The number of hydrazine groups is 1. The largest absolute Gasteiger partial charge is 0.495 e. The maximum Gasteiger partial charge on any atom is 0.253 e. The summed E-state index contributed by atoms with van der Waals surface area (Å²) >= 11 is 0. The van der Waals surface area contributed by atoms with Crippen LogP contribution in [-0.4, -0.2) is 73.3 Å². The number of anilines is 1. The third-order valence-electron chi connectivity index (χ3n) is 7.06. The summed E-state index contributed by atoms with van der Waals surface area (Å²) in [6.45, 7) is 1.58. The monoisotopic (exact) mass is 456 g/mol. The zero-order valence-corrected chi connectivity index (χ0v) is 19.1. The van der Waals surface area contributed by atoms with Crippen LogP contribution in [0.4, 0.5) is 5.69 Å². The molecule has 1 saturated carbocycles. The molecule has 178 valence electrons. The van der Waals surface area contributed by atoms with Crippen molar-refractivity contribution in [3.63, 3.8) is 0 Å². The maximum atomic E-state index is 12.8. The van der Waals surface area contributed by atoms with E-state index in [-0.39, 0.29) is 47.9 Å². The van der Waals surface area contributed by atoms with Gasteiger partial charge in [0.2, 0.25) is 11.8 Å². The SMILES string of the molecule is COc1cc(C(=O)N2CCCC2)ccc1NC1CC(NC(=O)C2CC2)NC2NN(C)C(=O)C12. The van der Waals surface area contributed by atoms with Crippen molar-refractivity contribution in [1.82, 2.24) is 26.0 Å². The number of ether oxygens (including phenoxy) is 1. The molecule has 3 heterocycles. The lowest BCUT2D eigenvalue weighted by Gasteiger charge is -2.38. The van der Waals surface area contributed by atoms with Gasteiger partial charge in [-0.05, 0) is 43.9 Å². The van der Waals surface area contributed by atoms with Gasteiger partial charge in [-0.1, -0.05) is 0 Å². The topological polar surface area (TPSA) is 115 Å². The summed E-state index contributed by atoms with van der Waals surface area (Å²) in [5, 5.41) is 11.4. The van der Waals surface area contributed by atoms with Crippen molar-refractivity contribution in [2.45, 2.75) is 50.5 Å². The Labute approximate surface area is 193 Å². The van der Waals surface area contributed by atoms with E-state index in [9.17, 15) is 14.4 Å². The lowest BCUT2D eigenvalue weighted by Crippen LogP contribution is -2.63. The van der Waals surface area contributed by atoms with Gasteiger partial charge in [0.05, 0.1) is 31.0 Å². The van der Waals surface area contributed by atoms with Crippen molar-refractivity contribution in [2.24, 2.45) is 11.8 Å². The average Bonchev–Trinajstić information content (AvgIpc) is 3.44. The maximum absolute atomic E-state index is 12.8. The van der Waals surface area contributed by atoms with Gasteiger partial charge < -0.3 is 20.3 Å². The molecular formula is C23H32N6O4. The van der Waals surface area contributed by atoms with Crippen LogP contribution >= 0.6 is 0 Å². The Hall–Kier alpha value is -2.85. The Bertz CT molecular complexity index is 945. The van der Waals surface area contributed by atoms with Crippen LogP contribution in [0.15, 0.2) is 18.2 Å². The molecule has 3 saturated heterocycles. The molecule has 33 heavy (non-hydrogen) atoms. The zero-order chi connectivity index (χ0) is 23.1. The average molecular weight is 457 g/mol. The van der Waals surface area contributed by atoms with E-state index in [1.165, 1.54) is 5.01 Å². The number of carbonyl (C=O) groups excluding carboxylic acids is 3. The van der Waals surface area contributed by atoms with E-state index in [0.29, 0.717) is 17.7 Å². The van der Waals surface area contributed by atoms with Gasteiger partial charge in [-0.3, -0.25) is 24.7 Å². The normalized spacial score (nSPS) is 29.1. The van der Waals surface area contributed by atoms with Gasteiger partial charge in [0.1, 0.15) is 5.75 Å². The number of rotatable bonds is 6. The summed E-state index contributed by atoms with van der Waals surface area (Å²) in [6.07, 6.45) is 3.94. The highest BCUT2D eigenvalue weighted by molar-refractivity contribution is 5.95. The minimum Gasteiger partial charge on any atom is -0.495 e. The van der Waals surface area contributed by atoms with Crippen molar-refractivity contribution >= 4 is 23.4 Å². The predicted octanol–water partition coefficient (Wildman–Crippen LogP) is 0.476.